The molecule has 0 unspecified atom stereocenters. The van der Waals surface area contributed by atoms with Gasteiger partial charge in [-0.05, 0) is 33.6 Å². The lowest BCUT2D eigenvalue weighted by Gasteiger charge is -2.13. The zero-order valence-corrected chi connectivity index (χ0v) is 8.16. The molecule has 13 heavy (non-hydrogen) atoms. The highest BCUT2D eigenvalue weighted by atomic mass is 16.5. The van der Waals surface area contributed by atoms with Gasteiger partial charge in [0, 0.05) is 0 Å². The van der Waals surface area contributed by atoms with Crippen molar-refractivity contribution < 1.29 is 4.52 Å². The average molecular weight is 184 g/mol. The van der Waals surface area contributed by atoms with Crippen molar-refractivity contribution in [3.63, 3.8) is 0 Å². The van der Waals surface area contributed by atoms with E-state index in [4.69, 9.17) is 4.52 Å². The van der Waals surface area contributed by atoms with E-state index in [1.807, 2.05) is 14.1 Å². The van der Waals surface area contributed by atoms with Crippen molar-refractivity contribution >= 4 is 0 Å². The number of rotatable bonds is 6. The minimum Gasteiger partial charge on any atom is -0.338 e. The molecule has 0 atom stereocenters. The van der Waals surface area contributed by atoms with Crippen molar-refractivity contribution in [2.75, 3.05) is 27.2 Å². The van der Waals surface area contributed by atoms with Crippen LogP contribution in [0.25, 0.3) is 0 Å². The second kappa shape index (κ2) is 5.66. The maximum atomic E-state index is 4.89. The third kappa shape index (κ3) is 4.00. The van der Waals surface area contributed by atoms with Gasteiger partial charge in [0.25, 0.3) is 0 Å². The normalized spacial score (nSPS) is 11.0. The summed E-state index contributed by atoms with van der Waals surface area (Å²) < 4.78 is 4.89. The number of nitrogens with zero attached hydrogens (tertiary/aromatic N) is 3. The first-order chi connectivity index (χ1) is 6.33. The van der Waals surface area contributed by atoms with Gasteiger partial charge in [0.05, 0.1) is 6.54 Å². The lowest BCUT2D eigenvalue weighted by atomic mass is 10.4. The van der Waals surface area contributed by atoms with Crippen molar-refractivity contribution in [3.05, 3.63) is 12.2 Å². The van der Waals surface area contributed by atoms with Crippen molar-refractivity contribution in [2.24, 2.45) is 0 Å². The summed E-state index contributed by atoms with van der Waals surface area (Å²) in [5.41, 5.74) is 0. The number of hydrogen-bond donors (Lipinski definition) is 1. The Morgan fingerprint density at radius 1 is 1.62 bits per heavy atom. The fourth-order valence-electron chi connectivity index (χ4n) is 1.10. The predicted molar refractivity (Wildman–Crippen MR) is 49.2 cm³/mol. The number of aromatic nitrogens is 2. The van der Waals surface area contributed by atoms with Crippen LogP contribution in [0.2, 0.25) is 0 Å². The topological polar surface area (TPSA) is 54.2 Å². The Morgan fingerprint density at radius 2 is 2.46 bits per heavy atom. The molecule has 0 aliphatic carbocycles. The first-order valence-corrected chi connectivity index (χ1v) is 4.41. The zero-order valence-electron chi connectivity index (χ0n) is 8.16. The summed E-state index contributed by atoms with van der Waals surface area (Å²) in [5, 5.41) is 6.65. The van der Waals surface area contributed by atoms with Crippen molar-refractivity contribution in [3.8, 4) is 0 Å². The molecular formula is C8H16N4O. The summed E-state index contributed by atoms with van der Waals surface area (Å²) in [6, 6.07) is 0. The Hall–Kier alpha value is -0.940. The van der Waals surface area contributed by atoms with E-state index < -0.39 is 0 Å². The highest BCUT2D eigenvalue weighted by molar-refractivity contribution is 4.73. The van der Waals surface area contributed by atoms with Gasteiger partial charge in [-0.1, -0.05) is 5.16 Å². The quantitative estimate of drug-likeness (QED) is 0.636. The molecule has 1 aromatic heterocycles. The van der Waals surface area contributed by atoms with Crippen LogP contribution >= 0.6 is 0 Å². The van der Waals surface area contributed by atoms with Gasteiger partial charge in [-0.2, -0.15) is 4.98 Å². The van der Waals surface area contributed by atoms with Crippen molar-refractivity contribution in [1.29, 1.82) is 0 Å². The second-order valence-electron chi connectivity index (χ2n) is 3.03. The number of hydrogen-bond acceptors (Lipinski definition) is 5. The Kier molecular flexibility index (Phi) is 4.42. The van der Waals surface area contributed by atoms with Gasteiger partial charge in [-0.25, -0.2) is 0 Å². The van der Waals surface area contributed by atoms with Crippen LogP contribution in [0.4, 0.5) is 0 Å². The molecule has 74 valence electrons. The van der Waals surface area contributed by atoms with E-state index in [1.54, 1.807) is 0 Å². The van der Waals surface area contributed by atoms with Crippen LogP contribution in [0.3, 0.4) is 0 Å². The van der Waals surface area contributed by atoms with Crippen molar-refractivity contribution in [2.45, 2.75) is 13.0 Å². The molecule has 0 spiro atoms. The molecule has 1 rings (SSSR count). The average Bonchev–Trinajstić information content (AvgIpc) is 2.57. The summed E-state index contributed by atoms with van der Waals surface area (Å²) in [6.45, 7) is 2.79. The molecule has 1 aromatic rings. The molecule has 0 aliphatic rings. The third-order valence-electron chi connectivity index (χ3n) is 1.78. The third-order valence-corrected chi connectivity index (χ3v) is 1.78. The standard InChI is InChI=1S/C8H16N4O/c1-9-4-3-5-12(2)6-8-10-7-11-13-8/h7,9H,3-6H2,1-2H3. The minimum absolute atomic E-state index is 0.673. The van der Waals surface area contributed by atoms with E-state index in [2.05, 4.69) is 20.4 Å². The predicted octanol–water partition coefficient (Wildman–Crippen LogP) is 0.111. The highest BCUT2D eigenvalue weighted by Gasteiger charge is 2.03. The van der Waals surface area contributed by atoms with E-state index in [9.17, 15) is 0 Å². The van der Waals surface area contributed by atoms with Crippen LogP contribution in [0.15, 0.2) is 10.9 Å². The SMILES string of the molecule is CNCCCN(C)Cc1ncno1. The molecule has 0 aromatic carbocycles. The lowest BCUT2D eigenvalue weighted by Crippen LogP contribution is -2.22. The summed E-state index contributed by atoms with van der Waals surface area (Å²) in [7, 11) is 4.00. The van der Waals surface area contributed by atoms with Crippen LogP contribution < -0.4 is 5.32 Å². The van der Waals surface area contributed by atoms with Gasteiger partial charge < -0.3 is 9.84 Å². The van der Waals surface area contributed by atoms with Crippen LogP contribution in [-0.4, -0.2) is 42.2 Å². The molecule has 5 heteroatoms. The van der Waals surface area contributed by atoms with E-state index in [1.165, 1.54) is 6.33 Å². The van der Waals surface area contributed by atoms with Crippen LogP contribution in [-0.2, 0) is 6.54 Å². The zero-order chi connectivity index (χ0) is 9.52. The van der Waals surface area contributed by atoms with Gasteiger partial charge in [0.1, 0.15) is 0 Å². The molecule has 0 aliphatic heterocycles. The maximum absolute atomic E-state index is 4.89. The van der Waals surface area contributed by atoms with Crippen LogP contribution in [0.5, 0.6) is 0 Å². The summed E-state index contributed by atoms with van der Waals surface area (Å²) in [4.78, 5) is 6.11. The maximum Gasteiger partial charge on any atom is 0.240 e. The largest absolute Gasteiger partial charge is 0.338 e. The molecule has 0 radical (unpaired) electrons. The summed E-state index contributed by atoms with van der Waals surface area (Å²) >= 11 is 0. The van der Waals surface area contributed by atoms with Gasteiger partial charge in [-0.15, -0.1) is 0 Å². The molecule has 0 saturated heterocycles. The van der Waals surface area contributed by atoms with Gasteiger partial charge in [0.15, 0.2) is 6.33 Å². The van der Waals surface area contributed by atoms with Crippen molar-refractivity contribution in [1.82, 2.24) is 20.4 Å². The van der Waals surface area contributed by atoms with Crippen LogP contribution in [0.1, 0.15) is 12.3 Å². The molecule has 1 heterocycles. The Morgan fingerprint density at radius 3 is 3.08 bits per heavy atom. The first kappa shape index (κ1) is 10.1. The second-order valence-corrected chi connectivity index (χ2v) is 3.03. The summed E-state index contributed by atoms with van der Waals surface area (Å²) in [6.07, 6.45) is 2.55. The monoisotopic (exact) mass is 184 g/mol. The molecular weight excluding hydrogens is 168 g/mol. The first-order valence-electron chi connectivity index (χ1n) is 4.41. The molecule has 1 N–H and O–H groups in total. The van der Waals surface area contributed by atoms with E-state index in [0.29, 0.717) is 5.89 Å². The van der Waals surface area contributed by atoms with E-state index in [0.717, 1.165) is 26.1 Å². The van der Waals surface area contributed by atoms with Gasteiger partial charge in [-0.3, -0.25) is 4.90 Å². The lowest BCUT2D eigenvalue weighted by molar-refractivity contribution is 0.264. The fraction of sp³-hybridized carbons (Fsp3) is 0.750. The molecule has 0 bridgehead atoms. The van der Waals surface area contributed by atoms with E-state index in [-0.39, 0.29) is 0 Å². The Balaban J connectivity index is 2.14. The molecule has 5 nitrogen and oxygen atoms in total. The molecule has 0 fully saturated rings. The Bertz CT molecular complexity index is 212. The van der Waals surface area contributed by atoms with E-state index >= 15 is 0 Å². The fourth-order valence-corrected chi connectivity index (χ4v) is 1.10. The smallest absolute Gasteiger partial charge is 0.240 e. The summed E-state index contributed by atoms with van der Waals surface area (Å²) in [5.74, 6) is 0.673. The van der Waals surface area contributed by atoms with Crippen LogP contribution in [0, 0.1) is 0 Å². The highest BCUT2D eigenvalue weighted by Crippen LogP contribution is 1.97. The van der Waals surface area contributed by atoms with Gasteiger partial charge >= 0.3 is 0 Å². The molecule has 0 amide bonds. The molecule has 0 saturated carbocycles. The number of nitrogens with one attached hydrogen (secondary N) is 1. The minimum atomic E-state index is 0.673. The van der Waals surface area contributed by atoms with Gasteiger partial charge in [0.2, 0.25) is 5.89 Å². The Labute approximate surface area is 78.1 Å².